The summed E-state index contributed by atoms with van der Waals surface area (Å²) in [5, 5.41) is 0. The maximum Gasteiger partial charge on any atom is 0.762 e. The van der Waals surface area contributed by atoms with E-state index in [-0.39, 0.29) is 10.2 Å². The summed E-state index contributed by atoms with van der Waals surface area (Å²) >= 11 is 0. The van der Waals surface area contributed by atoms with Crippen LogP contribution in [0.2, 0.25) is 0 Å². The van der Waals surface area contributed by atoms with Gasteiger partial charge in [-0.2, -0.15) is 0 Å². The second-order valence-electron chi connectivity index (χ2n) is 9.68. The second kappa shape index (κ2) is 9.63. The molecular formula is C18H35BF4N2. The lowest BCUT2D eigenvalue weighted by atomic mass is 9.82. The zero-order valence-corrected chi connectivity index (χ0v) is 17.2. The molecular weight excluding hydrogens is 331 g/mol. The molecule has 1 heterocycles. The highest BCUT2D eigenvalue weighted by Crippen LogP contribution is 2.32. The molecule has 0 amide bonds. The number of nitrogens with zero attached hydrogens (tertiary/aromatic N) is 2. The molecule has 0 spiro atoms. The van der Waals surface area contributed by atoms with Gasteiger partial charge in [-0.15, -0.1) is 0 Å². The Morgan fingerprint density at radius 2 is 1.40 bits per heavy atom. The van der Waals surface area contributed by atoms with Crippen LogP contribution in [-0.2, 0) is 5.54 Å². The molecule has 0 aliphatic heterocycles. The summed E-state index contributed by atoms with van der Waals surface area (Å²) in [4.78, 5) is 0. The Bertz CT molecular complexity index is 485. The van der Waals surface area contributed by atoms with Crippen LogP contribution < -0.4 is 9.27 Å². The molecule has 1 unspecified atom stereocenters. The van der Waals surface area contributed by atoms with E-state index in [1.807, 2.05) is 0 Å². The van der Waals surface area contributed by atoms with Crippen LogP contribution in [0.5, 0.6) is 0 Å². The minimum Gasteiger partial charge on any atom is -1.00 e. The Labute approximate surface area is 151 Å². The molecule has 0 saturated heterocycles. The molecule has 1 aromatic rings. The molecule has 0 saturated carbocycles. The number of imidazole rings is 1. The fourth-order valence-corrected chi connectivity index (χ4v) is 3.37. The third-order valence-electron chi connectivity index (χ3n) is 3.74. The highest BCUT2D eigenvalue weighted by Gasteiger charge is 2.32. The van der Waals surface area contributed by atoms with Gasteiger partial charge in [0.2, 0.25) is 6.33 Å². The summed E-state index contributed by atoms with van der Waals surface area (Å²) in [6.07, 6.45) is 9.09. The third-order valence-corrected chi connectivity index (χ3v) is 3.74. The molecule has 0 N–H and O–H groups in total. The minimum atomic E-state index is -3.67. The average molecular weight is 366 g/mol. The molecule has 7 heteroatoms. The van der Waals surface area contributed by atoms with Crippen molar-refractivity contribution in [1.29, 1.82) is 0 Å². The molecule has 1 atom stereocenters. The smallest absolute Gasteiger partial charge is 0.762 e. The Balaban J connectivity index is 0. The van der Waals surface area contributed by atoms with Gasteiger partial charge in [-0.3, -0.25) is 12.9 Å². The first-order valence-corrected chi connectivity index (χ1v) is 8.55. The number of aromatic nitrogens is 2. The molecule has 1 rings (SSSR count). The lowest BCUT2D eigenvalue weighted by Gasteiger charge is -2.29. The third kappa shape index (κ3) is 12.1. The van der Waals surface area contributed by atoms with Crippen LogP contribution in [0.25, 0.3) is 0 Å². The van der Waals surface area contributed by atoms with Gasteiger partial charge in [0.1, 0.15) is 17.9 Å². The SMILES string of the molecule is CC(CC(C)(C)C)[n+]1ccn(C(C)(C)CC(C)(C)C)c1.FB(F)F.[F-]. The van der Waals surface area contributed by atoms with Gasteiger partial charge in [-0.1, -0.05) is 41.5 Å². The van der Waals surface area contributed by atoms with Crippen LogP contribution >= 0.6 is 0 Å². The van der Waals surface area contributed by atoms with Crippen LogP contribution in [0, 0.1) is 10.8 Å². The number of halogens is 4. The van der Waals surface area contributed by atoms with E-state index in [0.717, 1.165) is 0 Å². The molecule has 0 radical (unpaired) electrons. The zero-order valence-electron chi connectivity index (χ0n) is 17.2. The zero-order chi connectivity index (χ0) is 19.3. The van der Waals surface area contributed by atoms with E-state index in [0.29, 0.717) is 16.9 Å². The van der Waals surface area contributed by atoms with Crippen LogP contribution in [0.1, 0.15) is 81.2 Å². The number of hydrogen-bond donors (Lipinski definition) is 0. The standard InChI is InChI=1S/C18H35N2.BF3.FH/c1-15(12-16(2,3)4)19-10-11-20(14-19)18(8,9)13-17(5,6)7;2-1(3)4;/h10-11,14-15H,12-13H2,1-9H3;;1H/q+1;;/p-1. The fourth-order valence-electron chi connectivity index (χ4n) is 3.37. The molecule has 0 aliphatic rings. The average Bonchev–Trinajstić information content (AvgIpc) is 2.71. The van der Waals surface area contributed by atoms with Crippen LogP contribution in [-0.4, -0.2) is 12.1 Å². The van der Waals surface area contributed by atoms with E-state index in [2.05, 4.69) is 90.2 Å². The summed E-state index contributed by atoms with van der Waals surface area (Å²) in [5.74, 6) is 0. The Morgan fingerprint density at radius 3 is 1.76 bits per heavy atom. The molecule has 0 bridgehead atoms. The van der Waals surface area contributed by atoms with Crippen molar-refractivity contribution in [2.24, 2.45) is 10.8 Å². The van der Waals surface area contributed by atoms with Crippen molar-refractivity contribution in [2.75, 3.05) is 0 Å². The van der Waals surface area contributed by atoms with E-state index in [4.69, 9.17) is 0 Å². The van der Waals surface area contributed by atoms with Crippen LogP contribution in [0.4, 0.5) is 12.9 Å². The summed E-state index contributed by atoms with van der Waals surface area (Å²) in [6, 6.07) is 0.543. The van der Waals surface area contributed by atoms with E-state index >= 15 is 0 Å². The predicted molar refractivity (Wildman–Crippen MR) is 95.9 cm³/mol. The van der Waals surface area contributed by atoms with Gasteiger partial charge < -0.3 is 4.70 Å². The Morgan fingerprint density at radius 1 is 0.960 bits per heavy atom. The van der Waals surface area contributed by atoms with Crippen molar-refractivity contribution in [3.05, 3.63) is 18.7 Å². The van der Waals surface area contributed by atoms with E-state index in [1.165, 1.54) is 12.8 Å². The van der Waals surface area contributed by atoms with Gasteiger partial charge in [-0.05, 0) is 44.4 Å². The first-order valence-electron chi connectivity index (χ1n) is 8.55. The van der Waals surface area contributed by atoms with E-state index in [9.17, 15) is 12.9 Å². The van der Waals surface area contributed by atoms with Gasteiger partial charge >= 0.3 is 7.54 Å². The van der Waals surface area contributed by atoms with Gasteiger partial charge in [-0.25, -0.2) is 9.13 Å². The Hall–Kier alpha value is -1.01. The number of hydrogen-bond acceptors (Lipinski definition) is 0. The first kappa shape index (κ1) is 26.2. The minimum absolute atomic E-state index is 0. The first-order chi connectivity index (χ1) is 10.5. The fraction of sp³-hybridized carbons (Fsp3) is 0.833. The molecule has 1 aromatic heterocycles. The maximum absolute atomic E-state index is 9.67. The Kier molecular flexibility index (Phi) is 10.1. The summed E-state index contributed by atoms with van der Waals surface area (Å²) in [5.41, 5.74) is 0.871. The monoisotopic (exact) mass is 366 g/mol. The summed E-state index contributed by atoms with van der Waals surface area (Å²) < 4.78 is 33.7. The van der Waals surface area contributed by atoms with Crippen molar-refractivity contribution >= 4 is 7.54 Å². The van der Waals surface area contributed by atoms with Crippen molar-refractivity contribution in [1.82, 2.24) is 4.57 Å². The molecule has 25 heavy (non-hydrogen) atoms. The molecule has 0 aromatic carbocycles. The van der Waals surface area contributed by atoms with E-state index in [1.54, 1.807) is 0 Å². The maximum atomic E-state index is 9.67. The van der Waals surface area contributed by atoms with Gasteiger partial charge in [0.05, 0.1) is 6.04 Å². The highest BCUT2D eigenvalue weighted by atomic mass is 19.4. The summed E-state index contributed by atoms with van der Waals surface area (Å²) in [6.45, 7) is 20.8. The summed E-state index contributed by atoms with van der Waals surface area (Å²) in [7, 11) is -3.67. The van der Waals surface area contributed by atoms with Crippen molar-refractivity contribution in [3.8, 4) is 0 Å². The van der Waals surface area contributed by atoms with Crippen molar-refractivity contribution in [2.45, 2.75) is 86.7 Å². The lowest BCUT2D eigenvalue weighted by molar-refractivity contribution is -0.721. The van der Waals surface area contributed by atoms with Gasteiger partial charge in [0.15, 0.2) is 0 Å². The normalized spacial score (nSPS) is 13.4. The van der Waals surface area contributed by atoms with Crippen molar-refractivity contribution < 1.29 is 22.2 Å². The quantitative estimate of drug-likeness (QED) is 0.440. The molecule has 148 valence electrons. The predicted octanol–water partition coefficient (Wildman–Crippen LogP) is 2.83. The van der Waals surface area contributed by atoms with Crippen LogP contribution in [0.3, 0.4) is 0 Å². The topological polar surface area (TPSA) is 8.81 Å². The molecule has 2 nitrogen and oxygen atoms in total. The number of rotatable bonds is 4. The van der Waals surface area contributed by atoms with Crippen molar-refractivity contribution in [3.63, 3.8) is 0 Å². The van der Waals surface area contributed by atoms with E-state index < -0.39 is 7.54 Å². The lowest BCUT2D eigenvalue weighted by Crippen LogP contribution is -3.00. The van der Waals surface area contributed by atoms with Gasteiger partial charge in [0, 0.05) is 0 Å². The second-order valence-corrected chi connectivity index (χ2v) is 9.68. The largest absolute Gasteiger partial charge is 1.00 e. The molecule has 0 aliphatic carbocycles. The molecule has 0 fully saturated rings. The van der Waals surface area contributed by atoms with Crippen LogP contribution in [0.15, 0.2) is 18.7 Å². The highest BCUT2D eigenvalue weighted by molar-refractivity contribution is 6.33. The van der Waals surface area contributed by atoms with Gasteiger partial charge in [0.25, 0.3) is 0 Å².